The maximum Gasteiger partial charge on any atom is 0.311 e. The van der Waals surface area contributed by atoms with Gasteiger partial charge in [-0.15, -0.1) is 0 Å². The van der Waals surface area contributed by atoms with E-state index in [4.69, 9.17) is 43.0 Å². The van der Waals surface area contributed by atoms with Crippen LogP contribution >= 0.6 is 0 Å². The highest BCUT2D eigenvalue weighted by Crippen LogP contribution is 2.44. The number of hydrogen-bond donors (Lipinski definition) is 1. The average molecular weight is 559 g/mol. The zero-order chi connectivity index (χ0) is 27.8. The summed E-state index contributed by atoms with van der Waals surface area (Å²) in [5.74, 6) is -1.70. The van der Waals surface area contributed by atoms with Gasteiger partial charge in [-0.25, -0.2) is 0 Å². The maximum absolute atomic E-state index is 11.6. The summed E-state index contributed by atoms with van der Waals surface area (Å²) in [6.07, 6.45) is 5.65. The zero-order valence-corrected chi connectivity index (χ0v) is 23.5. The number of carboxylic acid groups (broad SMARTS) is 1. The van der Waals surface area contributed by atoms with E-state index in [2.05, 4.69) is 13.8 Å². The summed E-state index contributed by atoms with van der Waals surface area (Å²) in [7, 11) is 0. The lowest BCUT2D eigenvalue weighted by Gasteiger charge is -2.53. The van der Waals surface area contributed by atoms with Gasteiger partial charge in [-0.3, -0.25) is 9.59 Å². The normalized spacial score (nSPS) is 37.1. The third kappa shape index (κ3) is 8.58. The molecule has 7 saturated heterocycles. The first-order chi connectivity index (χ1) is 18.7. The highest BCUT2D eigenvalue weighted by Gasteiger charge is 2.55. The third-order valence-electron chi connectivity index (χ3n) is 7.99. The maximum atomic E-state index is 11.6. The number of carboxylic acids is 1. The molecule has 0 amide bonds. The van der Waals surface area contributed by atoms with Crippen LogP contribution in [0.4, 0.5) is 0 Å². The predicted molar refractivity (Wildman–Crippen MR) is 137 cm³/mol. The summed E-state index contributed by atoms with van der Waals surface area (Å²) >= 11 is 0. The molecule has 0 aromatic rings. The Kier molecular flexibility index (Phi) is 11.0. The van der Waals surface area contributed by atoms with E-state index in [0.29, 0.717) is 39.6 Å². The first-order valence-corrected chi connectivity index (χ1v) is 14.3. The van der Waals surface area contributed by atoms with Crippen LogP contribution in [-0.2, 0) is 47.5 Å². The van der Waals surface area contributed by atoms with E-state index in [1.54, 1.807) is 0 Å². The topological polar surface area (TPSA) is 128 Å². The van der Waals surface area contributed by atoms with Gasteiger partial charge in [0.15, 0.2) is 0 Å². The highest BCUT2D eigenvalue weighted by atomic mass is 16.9. The predicted octanol–water partition coefficient (Wildman–Crippen LogP) is 2.64. The van der Waals surface area contributed by atoms with Gasteiger partial charge in [0.2, 0.25) is 0 Å². The van der Waals surface area contributed by atoms with Crippen molar-refractivity contribution in [2.75, 3.05) is 79.3 Å². The first-order valence-electron chi connectivity index (χ1n) is 14.3. The van der Waals surface area contributed by atoms with Gasteiger partial charge in [0, 0.05) is 30.7 Å². The molecule has 11 heteroatoms. The molecule has 39 heavy (non-hydrogen) atoms. The lowest BCUT2D eigenvalue weighted by atomic mass is 9.89. The second-order valence-corrected chi connectivity index (χ2v) is 12.3. The molecule has 7 fully saturated rings. The van der Waals surface area contributed by atoms with Gasteiger partial charge in [0.25, 0.3) is 5.97 Å². The van der Waals surface area contributed by atoms with E-state index in [1.165, 1.54) is 0 Å². The summed E-state index contributed by atoms with van der Waals surface area (Å²) in [5.41, 5.74) is 0.0997. The van der Waals surface area contributed by atoms with Crippen molar-refractivity contribution in [2.45, 2.75) is 58.3 Å². The van der Waals surface area contributed by atoms with Crippen molar-refractivity contribution in [1.29, 1.82) is 0 Å². The van der Waals surface area contributed by atoms with E-state index in [-0.39, 0.29) is 34.6 Å². The average Bonchev–Trinajstić information content (AvgIpc) is 2.97. The Morgan fingerprint density at radius 3 is 1.69 bits per heavy atom. The fourth-order valence-electron chi connectivity index (χ4n) is 5.21. The molecule has 0 saturated carbocycles. The van der Waals surface area contributed by atoms with Gasteiger partial charge in [-0.05, 0) is 38.5 Å². The molecule has 7 rings (SSSR count). The van der Waals surface area contributed by atoms with Gasteiger partial charge in [-0.1, -0.05) is 13.8 Å². The number of aliphatic carboxylic acids is 1. The minimum Gasteiger partial charge on any atom is -0.481 e. The molecule has 0 radical (unpaired) electrons. The van der Waals surface area contributed by atoms with E-state index in [9.17, 15) is 9.59 Å². The highest BCUT2D eigenvalue weighted by molar-refractivity contribution is 5.72. The number of carbonyl (C=O) groups excluding carboxylic acids is 1. The second kappa shape index (κ2) is 14.0. The van der Waals surface area contributed by atoms with Gasteiger partial charge in [0.05, 0.1) is 70.6 Å². The number of carbonyl (C=O) groups is 2. The van der Waals surface area contributed by atoms with Crippen molar-refractivity contribution >= 4 is 11.9 Å². The standard InChI is InChI=1S/2C11H18O4.C6H10O3/c1-10-6-13-11(14-7-10,15-8-10)9-3-2-4-12-5-9;1-11(6-14-7-11)8-15-10(12)9-3-2-4-13-5-9;7-6(8)5-2-1-3-9-4-5/h2*9H,2-8H2,1H3;5H,1-4H2,(H,7,8). The van der Waals surface area contributed by atoms with Crippen LogP contribution in [0.5, 0.6) is 0 Å². The SMILES string of the molecule is CC1(COC(=O)C2CCCOC2)COC1.CC12COC(C3CCCOC3)(OC1)OC2.O=C(O)C1CCCOC1. The smallest absolute Gasteiger partial charge is 0.311 e. The lowest BCUT2D eigenvalue weighted by Crippen LogP contribution is -2.63. The molecule has 3 atom stereocenters. The van der Waals surface area contributed by atoms with Crippen LogP contribution in [0.15, 0.2) is 0 Å². The second-order valence-electron chi connectivity index (χ2n) is 12.3. The Labute approximate surface area is 231 Å². The van der Waals surface area contributed by atoms with Crippen molar-refractivity contribution in [3.8, 4) is 0 Å². The molecule has 0 aromatic heterocycles. The number of fused-ring (bicyclic) bond motifs is 3. The van der Waals surface area contributed by atoms with Crippen molar-refractivity contribution < 1.29 is 52.6 Å². The van der Waals surface area contributed by atoms with Crippen LogP contribution in [0.2, 0.25) is 0 Å². The molecule has 0 aliphatic carbocycles. The Balaban J connectivity index is 0.000000141. The third-order valence-corrected chi connectivity index (χ3v) is 7.99. The van der Waals surface area contributed by atoms with E-state index in [0.717, 1.165) is 78.2 Å². The van der Waals surface area contributed by atoms with Crippen molar-refractivity contribution in [3.63, 3.8) is 0 Å². The van der Waals surface area contributed by atoms with Crippen molar-refractivity contribution in [1.82, 2.24) is 0 Å². The van der Waals surface area contributed by atoms with E-state index in [1.807, 2.05) is 0 Å². The Morgan fingerprint density at radius 2 is 1.28 bits per heavy atom. The van der Waals surface area contributed by atoms with Crippen LogP contribution < -0.4 is 0 Å². The van der Waals surface area contributed by atoms with Crippen LogP contribution in [-0.4, -0.2) is 102 Å². The Morgan fingerprint density at radius 1 is 0.744 bits per heavy atom. The molecule has 11 nitrogen and oxygen atoms in total. The van der Waals surface area contributed by atoms with E-state index < -0.39 is 11.9 Å². The summed E-state index contributed by atoms with van der Waals surface area (Å²) in [5, 5.41) is 8.46. The largest absolute Gasteiger partial charge is 0.481 e. The molecule has 7 heterocycles. The molecule has 1 N–H and O–H groups in total. The number of ether oxygens (including phenoxy) is 8. The fourth-order valence-corrected chi connectivity index (χ4v) is 5.21. The Bertz CT molecular complexity index is 756. The van der Waals surface area contributed by atoms with Crippen molar-refractivity contribution in [2.24, 2.45) is 28.6 Å². The minimum absolute atomic E-state index is 0.0468. The van der Waals surface area contributed by atoms with Crippen LogP contribution in [0, 0.1) is 28.6 Å². The molecular weight excluding hydrogens is 512 g/mol. The molecule has 0 spiro atoms. The summed E-state index contributed by atoms with van der Waals surface area (Å²) in [6.45, 7) is 12.2. The number of esters is 1. The Hall–Kier alpha value is -1.34. The van der Waals surface area contributed by atoms with Crippen molar-refractivity contribution in [3.05, 3.63) is 0 Å². The number of rotatable bonds is 5. The van der Waals surface area contributed by atoms with Crippen LogP contribution in [0.3, 0.4) is 0 Å². The molecule has 2 bridgehead atoms. The zero-order valence-electron chi connectivity index (χ0n) is 23.5. The molecule has 7 aliphatic heterocycles. The molecule has 0 aromatic carbocycles. The molecule has 224 valence electrons. The molecule has 3 unspecified atom stereocenters. The molecule has 7 aliphatic rings. The quantitative estimate of drug-likeness (QED) is 0.500. The molecular formula is C28H46O11. The minimum atomic E-state index is -0.793. The fraction of sp³-hybridized carbons (Fsp3) is 0.929. The van der Waals surface area contributed by atoms with Crippen LogP contribution in [0.25, 0.3) is 0 Å². The van der Waals surface area contributed by atoms with Crippen LogP contribution in [0.1, 0.15) is 52.4 Å². The monoisotopic (exact) mass is 558 g/mol. The first kappa shape index (κ1) is 30.6. The number of hydrogen-bond acceptors (Lipinski definition) is 10. The van der Waals surface area contributed by atoms with Gasteiger partial charge in [-0.2, -0.15) is 0 Å². The summed E-state index contributed by atoms with van der Waals surface area (Å²) in [4.78, 5) is 21.9. The lowest BCUT2D eigenvalue weighted by molar-refractivity contribution is -0.487. The summed E-state index contributed by atoms with van der Waals surface area (Å²) < 4.78 is 43.4. The van der Waals surface area contributed by atoms with Gasteiger partial charge >= 0.3 is 11.9 Å². The van der Waals surface area contributed by atoms with Gasteiger partial charge < -0.3 is 43.0 Å². The van der Waals surface area contributed by atoms with E-state index >= 15 is 0 Å². The van der Waals surface area contributed by atoms with Gasteiger partial charge in [0.1, 0.15) is 6.61 Å². The summed E-state index contributed by atoms with van der Waals surface area (Å²) in [6, 6.07) is 0.